The number of rotatable bonds is 6. The third-order valence-corrected chi connectivity index (χ3v) is 9.29. The van der Waals surface area contributed by atoms with Crippen LogP contribution in [-0.4, -0.2) is 46.4 Å². The molecule has 204 valence electrons. The van der Waals surface area contributed by atoms with E-state index in [4.69, 9.17) is 4.74 Å². The number of carbonyl (C=O) groups excluding carboxylic acids is 3. The Morgan fingerprint density at radius 2 is 1.74 bits per heavy atom. The summed E-state index contributed by atoms with van der Waals surface area (Å²) in [6.45, 7) is 5.98. The first kappa shape index (κ1) is 25.8. The number of carbonyl (C=O) groups is 3. The van der Waals surface area contributed by atoms with Crippen LogP contribution < -0.4 is 10.6 Å². The highest BCUT2D eigenvalue weighted by molar-refractivity contribution is 6.03. The molecule has 1 spiro atoms. The van der Waals surface area contributed by atoms with Crippen LogP contribution in [0.4, 0.5) is 5.69 Å². The number of nitrogens with one attached hydrogen (secondary N) is 2. The zero-order valence-electron chi connectivity index (χ0n) is 22.9. The molecule has 2 saturated heterocycles. The monoisotopic (exact) mass is 527 g/mol. The van der Waals surface area contributed by atoms with Crippen LogP contribution in [-0.2, 0) is 19.1 Å². The molecule has 3 heterocycles. The number of likely N-dealkylation sites (tertiary alicyclic amines) is 1. The van der Waals surface area contributed by atoms with Crippen LogP contribution in [0.2, 0.25) is 0 Å². The predicted octanol–water partition coefficient (Wildman–Crippen LogP) is 4.60. The minimum atomic E-state index is -1.17. The highest BCUT2D eigenvalue weighted by atomic mass is 16.5. The molecule has 1 saturated carbocycles. The molecule has 1 aliphatic carbocycles. The molecule has 2 aromatic rings. The Morgan fingerprint density at radius 1 is 1.00 bits per heavy atom. The number of benzene rings is 2. The van der Waals surface area contributed by atoms with Crippen molar-refractivity contribution in [2.24, 2.45) is 11.8 Å². The number of hydrogen-bond donors (Lipinski definition) is 2. The molecule has 3 aliphatic heterocycles. The molecule has 0 radical (unpaired) electrons. The van der Waals surface area contributed by atoms with Gasteiger partial charge in [-0.2, -0.15) is 0 Å². The highest BCUT2D eigenvalue weighted by Crippen LogP contribution is 2.56. The molecular formula is C32H37N3O4. The summed E-state index contributed by atoms with van der Waals surface area (Å²) in [6, 6.07) is 14.4. The van der Waals surface area contributed by atoms with Gasteiger partial charge in [0.2, 0.25) is 17.7 Å². The van der Waals surface area contributed by atoms with Crippen molar-refractivity contribution in [3.8, 4) is 0 Å². The van der Waals surface area contributed by atoms with Gasteiger partial charge in [0.25, 0.3) is 0 Å². The van der Waals surface area contributed by atoms with Crippen molar-refractivity contribution in [3.63, 3.8) is 0 Å². The van der Waals surface area contributed by atoms with Crippen molar-refractivity contribution >= 4 is 23.4 Å². The van der Waals surface area contributed by atoms with E-state index in [1.807, 2.05) is 81.5 Å². The summed E-state index contributed by atoms with van der Waals surface area (Å²) in [4.78, 5) is 43.8. The van der Waals surface area contributed by atoms with Gasteiger partial charge >= 0.3 is 0 Å². The van der Waals surface area contributed by atoms with Crippen LogP contribution >= 0.6 is 0 Å². The van der Waals surface area contributed by atoms with E-state index < -0.39 is 29.6 Å². The van der Waals surface area contributed by atoms with Crippen LogP contribution in [0.25, 0.3) is 0 Å². The summed E-state index contributed by atoms with van der Waals surface area (Å²) in [5.41, 5.74) is 2.67. The Labute approximate surface area is 230 Å². The minimum absolute atomic E-state index is 0.0946. The van der Waals surface area contributed by atoms with E-state index >= 15 is 0 Å². The molecule has 3 amide bonds. The van der Waals surface area contributed by atoms with Gasteiger partial charge in [0, 0.05) is 11.7 Å². The van der Waals surface area contributed by atoms with Gasteiger partial charge in [-0.05, 0) is 62.4 Å². The van der Waals surface area contributed by atoms with Crippen LogP contribution in [0.15, 0.2) is 60.7 Å². The molecule has 2 bridgehead atoms. The Hall–Kier alpha value is -3.45. The molecule has 6 atom stereocenters. The maximum absolute atomic E-state index is 14.3. The molecule has 7 heteroatoms. The van der Waals surface area contributed by atoms with Gasteiger partial charge in [-0.15, -0.1) is 0 Å². The smallest absolute Gasteiger partial charge is 0.246 e. The van der Waals surface area contributed by atoms with Gasteiger partial charge in [0.1, 0.15) is 11.6 Å². The molecule has 7 nitrogen and oxygen atoms in total. The topological polar surface area (TPSA) is 87.7 Å². The fourth-order valence-corrected chi connectivity index (χ4v) is 7.09. The van der Waals surface area contributed by atoms with Gasteiger partial charge in [0.05, 0.1) is 24.0 Å². The second kappa shape index (κ2) is 9.94. The average Bonchev–Trinajstić information content (AvgIpc) is 3.58. The molecule has 2 N–H and O–H groups in total. The summed E-state index contributed by atoms with van der Waals surface area (Å²) in [5, 5.41) is 6.28. The number of anilines is 1. The van der Waals surface area contributed by atoms with Gasteiger partial charge in [0.15, 0.2) is 0 Å². The number of aryl methyl sites for hydroxylation is 2. The van der Waals surface area contributed by atoms with Crippen molar-refractivity contribution in [1.82, 2.24) is 10.2 Å². The molecule has 39 heavy (non-hydrogen) atoms. The molecule has 6 rings (SSSR count). The van der Waals surface area contributed by atoms with E-state index in [9.17, 15) is 14.4 Å². The third kappa shape index (κ3) is 4.27. The first-order valence-electron chi connectivity index (χ1n) is 14.2. The number of fused-ring (bicyclic) bond motifs is 1. The van der Waals surface area contributed by atoms with Gasteiger partial charge in [-0.1, -0.05) is 67.8 Å². The Balaban J connectivity index is 1.35. The first-order chi connectivity index (χ1) is 18.8. The second-order valence-electron chi connectivity index (χ2n) is 11.7. The lowest BCUT2D eigenvalue weighted by atomic mass is 9.74. The molecule has 0 aromatic heterocycles. The van der Waals surface area contributed by atoms with Crippen LogP contribution in [0.3, 0.4) is 0 Å². The summed E-state index contributed by atoms with van der Waals surface area (Å²) in [5.74, 6) is -2.15. The predicted molar refractivity (Wildman–Crippen MR) is 149 cm³/mol. The number of nitrogens with zero attached hydrogens (tertiary/aromatic N) is 1. The van der Waals surface area contributed by atoms with E-state index in [0.29, 0.717) is 5.69 Å². The lowest BCUT2D eigenvalue weighted by molar-refractivity contribution is -0.143. The van der Waals surface area contributed by atoms with Crippen molar-refractivity contribution in [1.29, 1.82) is 0 Å². The van der Waals surface area contributed by atoms with Gasteiger partial charge in [-0.25, -0.2) is 0 Å². The molecule has 4 aliphatic rings. The number of amides is 3. The Kier molecular flexibility index (Phi) is 6.58. The minimum Gasteiger partial charge on any atom is -0.359 e. The van der Waals surface area contributed by atoms with E-state index in [2.05, 4.69) is 10.6 Å². The average molecular weight is 528 g/mol. The van der Waals surface area contributed by atoms with Crippen LogP contribution in [0.1, 0.15) is 61.8 Å². The molecule has 2 aromatic carbocycles. The number of hydrogen-bond acceptors (Lipinski definition) is 4. The second-order valence-corrected chi connectivity index (χ2v) is 11.7. The van der Waals surface area contributed by atoms with Crippen molar-refractivity contribution in [2.75, 3.05) is 5.32 Å². The van der Waals surface area contributed by atoms with E-state index in [1.54, 1.807) is 4.90 Å². The fraction of sp³-hybridized carbons (Fsp3) is 0.469. The summed E-state index contributed by atoms with van der Waals surface area (Å²) >= 11 is 0. The van der Waals surface area contributed by atoms with Crippen molar-refractivity contribution in [3.05, 3.63) is 77.4 Å². The largest absolute Gasteiger partial charge is 0.359 e. The standard InChI is InChI=1S/C32H37N3O4/c1-19-14-15-24(18-20(19)2)34-29(36)26-25-16-17-32(39-25)27(26)31(38)35(21(3)22-10-6-4-7-11-22)28(32)30(37)33-23-12-8-5-9-13-23/h4,6-7,10-11,14-18,21,23,25-28H,5,8-9,12-13H2,1-3H3,(H,33,37)(H,34,36)/t21-,25+,26-,27+,28-,32+/m0/s1. The lowest BCUT2D eigenvalue weighted by Crippen LogP contribution is -2.56. The van der Waals surface area contributed by atoms with E-state index in [0.717, 1.165) is 42.4 Å². The van der Waals surface area contributed by atoms with Gasteiger partial charge in [-0.3, -0.25) is 14.4 Å². The molecular weight excluding hydrogens is 490 g/mol. The molecule has 3 fully saturated rings. The zero-order valence-corrected chi connectivity index (χ0v) is 22.9. The highest BCUT2D eigenvalue weighted by Gasteiger charge is 2.73. The maximum atomic E-state index is 14.3. The Bertz CT molecular complexity index is 1320. The van der Waals surface area contributed by atoms with E-state index in [1.165, 1.54) is 6.42 Å². The fourth-order valence-electron chi connectivity index (χ4n) is 7.09. The normalized spacial score (nSPS) is 30.3. The van der Waals surface area contributed by atoms with Gasteiger partial charge < -0.3 is 20.3 Å². The van der Waals surface area contributed by atoms with Crippen LogP contribution in [0, 0.1) is 25.7 Å². The van der Waals surface area contributed by atoms with Crippen molar-refractivity contribution in [2.45, 2.75) is 82.7 Å². The van der Waals surface area contributed by atoms with Crippen molar-refractivity contribution < 1.29 is 19.1 Å². The quantitative estimate of drug-likeness (QED) is 0.538. The summed E-state index contributed by atoms with van der Waals surface area (Å²) < 4.78 is 6.51. The van der Waals surface area contributed by atoms with Crippen LogP contribution in [0.5, 0.6) is 0 Å². The zero-order chi connectivity index (χ0) is 27.3. The summed E-state index contributed by atoms with van der Waals surface area (Å²) in [7, 11) is 0. The lowest BCUT2D eigenvalue weighted by Gasteiger charge is -2.37. The third-order valence-electron chi connectivity index (χ3n) is 9.29. The number of ether oxygens (including phenoxy) is 1. The summed E-state index contributed by atoms with van der Waals surface area (Å²) in [6.07, 6.45) is 8.44. The first-order valence-corrected chi connectivity index (χ1v) is 14.2. The SMILES string of the molecule is Cc1ccc(NC(=O)[C@H]2[C@H]3C=C[C@]4(O3)[C@H](C(=O)NC3CCCCC3)N([C@@H](C)c3ccccc3)C(=O)[C@@H]24)cc1C. The Morgan fingerprint density at radius 3 is 2.46 bits per heavy atom. The molecule has 0 unspecified atom stereocenters. The van der Waals surface area contributed by atoms with E-state index in [-0.39, 0.29) is 29.8 Å². The maximum Gasteiger partial charge on any atom is 0.246 e.